The summed E-state index contributed by atoms with van der Waals surface area (Å²) in [6.45, 7) is 7.47. The Labute approximate surface area is 204 Å². The zero-order valence-corrected chi connectivity index (χ0v) is 20.6. The van der Waals surface area contributed by atoms with Crippen LogP contribution in [0.4, 0.5) is 5.69 Å². The van der Waals surface area contributed by atoms with Gasteiger partial charge in [0.2, 0.25) is 5.88 Å². The van der Waals surface area contributed by atoms with Gasteiger partial charge in [-0.2, -0.15) is 8.42 Å². The Bertz CT molecular complexity index is 1380. The lowest BCUT2D eigenvalue weighted by Crippen LogP contribution is -2.36. The number of allylic oxidation sites excluding steroid dienone is 1. The Morgan fingerprint density at radius 3 is 2.74 bits per heavy atom. The van der Waals surface area contributed by atoms with Crippen molar-refractivity contribution >= 4 is 44.5 Å². The van der Waals surface area contributed by atoms with Crippen LogP contribution in [-0.2, 0) is 23.2 Å². The first-order valence-electron chi connectivity index (χ1n) is 10.9. The second-order valence-corrected chi connectivity index (χ2v) is 9.85. The molecule has 10 heteroatoms. The first-order valence-corrected chi connectivity index (χ1v) is 12.9. The van der Waals surface area contributed by atoms with Crippen LogP contribution in [-0.4, -0.2) is 36.9 Å². The Morgan fingerprint density at radius 1 is 1.26 bits per heavy atom. The van der Waals surface area contributed by atoms with Gasteiger partial charge >= 0.3 is 0 Å². The third kappa shape index (κ3) is 4.77. The van der Waals surface area contributed by atoms with Crippen molar-refractivity contribution in [2.75, 3.05) is 24.3 Å². The standard InChI is InChI=1S/C24H26ClN3O5S/c1-4-11-27-19-9-7-17(25)14-20(19)28(12-6-13-34(29,30)31)23(27)16-24-26(5-2)21-15-18(32-3)8-10-22(21)33-24/h4,7-10,14-16H,1,5-6,11-13H2,2-3H3/p+1. The maximum atomic E-state index is 11.3. The summed E-state index contributed by atoms with van der Waals surface area (Å²) in [5, 5.41) is 0.567. The molecular formula is C24H27ClN3O5S+. The van der Waals surface area contributed by atoms with Crippen LogP contribution >= 0.6 is 11.6 Å². The first-order chi connectivity index (χ1) is 16.3. The molecule has 0 spiro atoms. The van der Waals surface area contributed by atoms with Gasteiger partial charge in [-0.15, -0.1) is 0 Å². The molecule has 2 aromatic carbocycles. The fourth-order valence-electron chi connectivity index (χ4n) is 4.20. The molecule has 0 atom stereocenters. The molecule has 0 radical (unpaired) electrons. The summed E-state index contributed by atoms with van der Waals surface area (Å²) in [7, 11) is -2.45. The number of fused-ring (bicyclic) bond motifs is 2. The lowest BCUT2D eigenvalue weighted by Gasteiger charge is -2.15. The van der Waals surface area contributed by atoms with E-state index in [1.165, 1.54) is 0 Å². The van der Waals surface area contributed by atoms with Gasteiger partial charge < -0.3 is 14.4 Å². The van der Waals surface area contributed by atoms with Gasteiger partial charge in [-0.05, 0) is 31.2 Å². The third-order valence-electron chi connectivity index (χ3n) is 5.67. The number of ether oxygens (including phenoxy) is 2. The van der Waals surface area contributed by atoms with E-state index in [1.54, 1.807) is 13.2 Å². The number of aromatic nitrogens is 2. The van der Waals surface area contributed by atoms with Gasteiger partial charge in [0.1, 0.15) is 12.3 Å². The van der Waals surface area contributed by atoms with E-state index in [0.717, 1.165) is 34.0 Å². The fraction of sp³-hybridized carbons (Fsp3) is 0.292. The van der Waals surface area contributed by atoms with E-state index in [4.69, 9.17) is 21.1 Å². The quantitative estimate of drug-likeness (QED) is 0.266. The minimum absolute atomic E-state index is 0.231. The van der Waals surface area contributed by atoms with Gasteiger partial charge in [0.15, 0.2) is 16.8 Å². The van der Waals surface area contributed by atoms with Gasteiger partial charge in [0, 0.05) is 30.1 Å². The average molecular weight is 505 g/mol. The monoisotopic (exact) mass is 504 g/mol. The van der Waals surface area contributed by atoms with E-state index in [2.05, 4.69) is 11.1 Å². The highest BCUT2D eigenvalue weighted by molar-refractivity contribution is 7.85. The number of halogens is 1. The molecule has 34 heavy (non-hydrogen) atoms. The normalized spacial score (nSPS) is 14.5. The van der Waals surface area contributed by atoms with Crippen LogP contribution in [0, 0.1) is 0 Å². The molecule has 1 aliphatic rings. The number of aryl methyl sites for hydroxylation is 1. The summed E-state index contributed by atoms with van der Waals surface area (Å²) in [4.78, 5) is 2.04. The molecule has 0 saturated heterocycles. The molecule has 3 aromatic rings. The van der Waals surface area contributed by atoms with Crippen molar-refractivity contribution in [2.24, 2.45) is 0 Å². The zero-order valence-electron chi connectivity index (χ0n) is 19.1. The van der Waals surface area contributed by atoms with E-state index >= 15 is 0 Å². The van der Waals surface area contributed by atoms with Gasteiger partial charge in [0.05, 0.1) is 31.2 Å². The van der Waals surface area contributed by atoms with E-state index in [1.807, 2.05) is 58.9 Å². The van der Waals surface area contributed by atoms with Crippen LogP contribution in [0.2, 0.25) is 5.02 Å². The summed E-state index contributed by atoms with van der Waals surface area (Å²) < 4.78 is 47.5. The molecule has 0 unspecified atom stereocenters. The summed E-state index contributed by atoms with van der Waals surface area (Å²) in [6, 6.07) is 11.2. The van der Waals surface area contributed by atoms with Crippen LogP contribution in [0.1, 0.15) is 19.2 Å². The number of methoxy groups -OCH3 is 1. The summed E-state index contributed by atoms with van der Waals surface area (Å²) >= 11 is 6.30. The molecule has 4 rings (SSSR count). The Balaban J connectivity index is 1.86. The molecule has 2 heterocycles. The van der Waals surface area contributed by atoms with Gasteiger partial charge in [-0.3, -0.25) is 4.55 Å². The van der Waals surface area contributed by atoms with E-state index in [9.17, 15) is 13.0 Å². The van der Waals surface area contributed by atoms with Gasteiger partial charge in [-0.1, -0.05) is 24.3 Å². The van der Waals surface area contributed by atoms with Crippen molar-refractivity contribution in [3.63, 3.8) is 0 Å². The Hall–Kier alpha value is -3.01. The van der Waals surface area contributed by atoms with E-state index < -0.39 is 10.1 Å². The van der Waals surface area contributed by atoms with Gasteiger partial charge in [0.25, 0.3) is 15.9 Å². The lowest BCUT2D eigenvalue weighted by molar-refractivity contribution is -0.663. The molecule has 1 N–H and O–H groups in total. The zero-order chi connectivity index (χ0) is 24.5. The van der Waals surface area contributed by atoms with Crippen LogP contribution in [0.15, 0.2) is 54.9 Å². The Morgan fingerprint density at radius 2 is 2.06 bits per heavy atom. The van der Waals surface area contributed by atoms with Crippen molar-refractivity contribution in [1.82, 2.24) is 4.57 Å². The summed E-state index contributed by atoms with van der Waals surface area (Å²) in [5.41, 5.74) is 2.67. The second-order valence-electron chi connectivity index (χ2n) is 7.84. The molecule has 0 aliphatic carbocycles. The first kappa shape index (κ1) is 24.1. The van der Waals surface area contributed by atoms with Crippen LogP contribution in [0.5, 0.6) is 11.5 Å². The molecule has 0 saturated carbocycles. The van der Waals surface area contributed by atoms with Crippen LogP contribution in [0.3, 0.4) is 0 Å². The number of rotatable bonds is 9. The third-order valence-corrected chi connectivity index (χ3v) is 6.71. The second kappa shape index (κ2) is 9.69. The highest BCUT2D eigenvalue weighted by Crippen LogP contribution is 2.41. The van der Waals surface area contributed by atoms with Crippen molar-refractivity contribution in [1.29, 1.82) is 0 Å². The van der Waals surface area contributed by atoms with E-state index in [-0.39, 0.29) is 12.2 Å². The highest BCUT2D eigenvalue weighted by atomic mass is 35.5. The highest BCUT2D eigenvalue weighted by Gasteiger charge is 2.30. The summed E-state index contributed by atoms with van der Waals surface area (Å²) in [5.74, 6) is 2.54. The maximum absolute atomic E-state index is 11.3. The molecule has 8 nitrogen and oxygen atoms in total. The van der Waals surface area contributed by atoms with Crippen molar-refractivity contribution in [2.45, 2.75) is 26.4 Å². The largest absolute Gasteiger partial charge is 0.497 e. The summed E-state index contributed by atoms with van der Waals surface area (Å²) in [6.07, 6.45) is 3.96. The van der Waals surface area contributed by atoms with Gasteiger partial charge in [-0.25, -0.2) is 9.13 Å². The topological polar surface area (TPSA) is 84.9 Å². The molecule has 0 amide bonds. The minimum Gasteiger partial charge on any atom is -0.497 e. The number of benzene rings is 2. The average Bonchev–Trinajstić information content (AvgIpc) is 3.27. The SMILES string of the molecule is C=CC[n+]1c(/C=C2\Oc3ccc(OC)cc3N2CC)n(CCCS(=O)(=O)O)c2cc(Cl)ccc21. The van der Waals surface area contributed by atoms with E-state index in [0.29, 0.717) is 30.5 Å². The van der Waals surface area contributed by atoms with Crippen molar-refractivity contribution in [3.8, 4) is 11.5 Å². The molecule has 0 bridgehead atoms. The minimum atomic E-state index is -4.07. The number of hydrogen-bond donors (Lipinski definition) is 1. The maximum Gasteiger partial charge on any atom is 0.288 e. The molecule has 1 aliphatic heterocycles. The molecule has 1 aromatic heterocycles. The number of anilines is 1. The molecular weight excluding hydrogens is 478 g/mol. The molecule has 180 valence electrons. The Kier molecular flexibility index (Phi) is 6.88. The lowest BCUT2D eigenvalue weighted by atomic mass is 10.2. The van der Waals surface area contributed by atoms with Crippen molar-refractivity contribution in [3.05, 3.63) is 65.8 Å². The smallest absolute Gasteiger partial charge is 0.288 e. The predicted octanol–water partition coefficient (Wildman–Crippen LogP) is 4.27. The van der Waals surface area contributed by atoms with Crippen LogP contribution in [0.25, 0.3) is 17.1 Å². The fourth-order valence-corrected chi connectivity index (χ4v) is 4.86. The van der Waals surface area contributed by atoms with Crippen LogP contribution < -0.4 is 18.9 Å². The van der Waals surface area contributed by atoms with Crippen molar-refractivity contribution < 1.29 is 27.0 Å². The molecule has 0 fully saturated rings. The number of nitrogens with zero attached hydrogens (tertiary/aromatic N) is 3. The predicted molar refractivity (Wildman–Crippen MR) is 133 cm³/mol. The number of hydrogen-bond acceptors (Lipinski definition) is 5. The number of imidazole rings is 1.